The van der Waals surface area contributed by atoms with Crippen LogP contribution in [0.4, 0.5) is 0 Å². The Bertz CT molecular complexity index is 301. The van der Waals surface area contributed by atoms with E-state index >= 15 is 0 Å². The fourth-order valence-corrected chi connectivity index (χ4v) is 3.63. The Morgan fingerprint density at radius 3 is 2.27 bits per heavy atom. The van der Waals surface area contributed by atoms with Crippen LogP contribution in [-0.4, -0.2) is 45.2 Å². The maximum atomic E-state index is 11.3. The van der Waals surface area contributed by atoms with Gasteiger partial charge in [-0.1, -0.05) is 0 Å². The zero-order valence-electron chi connectivity index (χ0n) is 9.28. The second kappa shape index (κ2) is 4.39. The third kappa shape index (κ3) is 2.71. The molecule has 0 aromatic carbocycles. The van der Waals surface area contributed by atoms with E-state index in [-0.39, 0.29) is 0 Å². The van der Waals surface area contributed by atoms with Crippen LogP contribution in [0.5, 0.6) is 0 Å². The normalized spacial score (nSPS) is 30.9. The molecule has 0 aromatic rings. The van der Waals surface area contributed by atoms with E-state index in [0.717, 1.165) is 50.9 Å². The Kier molecular flexibility index (Phi) is 3.33. The summed E-state index contributed by atoms with van der Waals surface area (Å²) in [4.78, 5) is 0. The lowest BCUT2D eigenvalue weighted by Crippen LogP contribution is -2.39. The molecule has 1 atom stereocenters. The van der Waals surface area contributed by atoms with Crippen LogP contribution in [0, 0.1) is 11.8 Å². The maximum absolute atomic E-state index is 11.3. The largest absolute Gasteiger partial charge is 0.316 e. The molecule has 5 heteroatoms. The van der Waals surface area contributed by atoms with Gasteiger partial charge >= 0.3 is 0 Å². The van der Waals surface area contributed by atoms with Gasteiger partial charge in [0.25, 0.3) is 0 Å². The van der Waals surface area contributed by atoms with Crippen molar-refractivity contribution in [1.29, 1.82) is 0 Å². The molecule has 2 aliphatic heterocycles. The fraction of sp³-hybridized carbons (Fsp3) is 1.00. The van der Waals surface area contributed by atoms with E-state index in [1.807, 2.05) is 0 Å². The third-order valence-electron chi connectivity index (χ3n) is 3.73. The van der Waals surface area contributed by atoms with E-state index in [1.54, 1.807) is 4.31 Å². The van der Waals surface area contributed by atoms with Gasteiger partial charge in [-0.2, -0.15) is 0 Å². The second-order valence-electron chi connectivity index (χ2n) is 4.75. The predicted octanol–water partition coefficient (Wildman–Crippen LogP) is 0.267. The summed E-state index contributed by atoms with van der Waals surface area (Å²) >= 11 is 0. The molecule has 0 aromatic heterocycles. The summed E-state index contributed by atoms with van der Waals surface area (Å²) in [5.74, 6) is 1.52. The highest BCUT2D eigenvalue weighted by atomic mass is 32.2. The summed E-state index contributed by atoms with van der Waals surface area (Å²) in [5.41, 5.74) is 0. The molecule has 4 nitrogen and oxygen atoms in total. The van der Waals surface area contributed by atoms with Crippen molar-refractivity contribution in [1.82, 2.24) is 9.62 Å². The number of nitrogens with zero attached hydrogens (tertiary/aromatic N) is 1. The number of hydrogen-bond donors (Lipinski definition) is 1. The van der Waals surface area contributed by atoms with Gasteiger partial charge < -0.3 is 5.32 Å². The van der Waals surface area contributed by atoms with Crippen molar-refractivity contribution in [2.75, 3.05) is 32.4 Å². The van der Waals surface area contributed by atoms with Crippen molar-refractivity contribution in [3.8, 4) is 0 Å². The second-order valence-corrected chi connectivity index (χ2v) is 6.73. The Labute approximate surface area is 92.1 Å². The van der Waals surface area contributed by atoms with Gasteiger partial charge in [-0.3, -0.25) is 0 Å². The van der Waals surface area contributed by atoms with E-state index in [4.69, 9.17) is 0 Å². The number of rotatable bonds is 2. The summed E-state index contributed by atoms with van der Waals surface area (Å²) in [6.45, 7) is 3.71. The molecule has 0 radical (unpaired) electrons. The monoisotopic (exact) mass is 232 g/mol. The molecular weight excluding hydrogens is 212 g/mol. The van der Waals surface area contributed by atoms with Crippen molar-refractivity contribution >= 4 is 10.0 Å². The third-order valence-corrected chi connectivity index (χ3v) is 5.04. The quantitative estimate of drug-likeness (QED) is 0.743. The number of sulfonamides is 1. The van der Waals surface area contributed by atoms with Crippen molar-refractivity contribution in [2.45, 2.75) is 19.3 Å². The Balaban J connectivity index is 1.86. The highest BCUT2D eigenvalue weighted by Gasteiger charge is 2.30. The molecule has 2 heterocycles. The molecule has 2 aliphatic rings. The first-order valence-corrected chi connectivity index (χ1v) is 7.58. The van der Waals surface area contributed by atoms with Gasteiger partial charge in [0.1, 0.15) is 0 Å². The van der Waals surface area contributed by atoms with E-state index in [2.05, 4.69) is 5.32 Å². The molecule has 0 amide bonds. The van der Waals surface area contributed by atoms with Gasteiger partial charge in [-0.15, -0.1) is 0 Å². The molecule has 2 fully saturated rings. The number of nitrogens with one attached hydrogen (secondary N) is 1. The van der Waals surface area contributed by atoms with Gasteiger partial charge in [0.05, 0.1) is 6.26 Å². The van der Waals surface area contributed by atoms with Crippen molar-refractivity contribution < 1.29 is 8.42 Å². The lowest BCUT2D eigenvalue weighted by atomic mass is 9.84. The number of piperidine rings is 1. The molecule has 2 saturated heterocycles. The van der Waals surface area contributed by atoms with E-state index in [9.17, 15) is 8.42 Å². The lowest BCUT2D eigenvalue weighted by molar-refractivity contribution is 0.217. The average molecular weight is 232 g/mol. The molecular formula is C10H20N2O2S. The maximum Gasteiger partial charge on any atom is 0.211 e. The minimum absolute atomic E-state index is 0.722. The molecule has 15 heavy (non-hydrogen) atoms. The molecule has 1 N–H and O–H groups in total. The standard InChI is InChI=1S/C10H20N2O2S/c1-15(13,14)12-6-3-9(4-7-12)10-2-5-11-8-10/h9-11H,2-8H2,1H3/t10-/m0/s1. The first-order chi connectivity index (χ1) is 7.07. The minimum atomic E-state index is -2.96. The summed E-state index contributed by atoms with van der Waals surface area (Å²) < 4.78 is 24.3. The van der Waals surface area contributed by atoms with Gasteiger partial charge in [-0.05, 0) is 44.2 Å². The molecule has 0 bridgehead atoms. The van der Waals surface area contributed by atoms with Crippen LogP contribution >= 0.6 is 0 Å². The summed E-state index contributed by atoms with van der Waals surface area (Å²) in [6.07, 6.45) is 4.66. The van der Waals surface area contributed by atoms with E-state index < -0.39 is 10.0 Å². The molecule has 0 saturated carbocycles. The van der Waals surface area contributed by atoms with Crippen LogP contribution in [0.3, 0.4) is 0 Å². The van der Waals surface area contributed by atoms with Gasteiger partial charge in [0.2, 0.25) is 10.0 Å². The van der Waals surface area contributed by atoms with Crippen LogP contribution in [0.2, 0.25) is 0 Å². The highest BCUT2D eigenvalue weighted by molar-refractivity contribution is 7.88. The van der Waals surface area contributed by atoms with Crippen molar-refractivity contribution in [3.05, 3.63) is 0 Å². The average Bonchev–Trinajstić information content (AvgIpc) is 2.69. The van der Waals surface area contributed by atoms with Crippen LogP contribution in [0.1, 0.15) is 19.3 Å². The highest BCUT2D eigenvalue weighted by Crippen LogP contribution is 2.29. The SMILES string of the molecule is CS(=O)(=O)N1CCC([C@H]2CCNC2)CC1. The molecule has 0 spiro atoms. The summed E-state index contributed by atoms with van der Waals surface area (Å²) in [5, 5.41) is 3.38. The first-order valence-electron chi connectivity index (χ1n) is 5.73. The summed E-state index contributed by atoms with van der Waals surface area (Å²) in [7, 11) is -2.96. The Morgan fingerprint density at radius 2 is 1.80 bits per heavy atom. The first kappa shape index (κ1) is 11.4. The zero-order valence-corrected chi connectivity index (χ0v) is 10.1. The summed E-state index contributed by atoms with van der Waals surface area (Å²) in [6, 6.07) is 0. The topological polar surface area (TPSA) is 49.4 Å². The van der Waals surface area contributed by atoms with Crippen molar-refractivity contribution in [3.63, 3.8) is 0 Å². The lowest BCUT2D eigenvalue weighted by Gasteiger charge is -2.33. The predicted molar refractivity (Wildman–Crippen MR) is 60.1 cm³/mol. The minimum Gasteiger partial charge on any atom is -0.316 e. The molecule has 0 aliphatic carbocycles. The number of hydrogen-bond acceptors (Lipinski definition) is 3. The Morgan fingerprint density at radius 1 is 1.13 bits per heavy atom. The zero-order chi connectivity index (χ0) is 10.9. The smallest absolute Gasteiger partial charge is 0.211 e. The van der Waals surface area contributed by atoms with Gasteiger partial charge in [0, 0.05) is 13.1 Å². The van der Waals surface area contributed by atoms with Gasteiger partial charge in [0.15, 0.2) is 0 Å². The van der Waals surface area contributed by atoms with Gasteiger partial charge in [-0.25, -0.2) is 12.7 Å². The molecule has 88 valence electrons. The van der Waals surface area contributed by atoms with Crippen LogP contribution < -0.4 is 5.32 Å². The van der Waals surface area contributed by atoms with E-state index in [0.29, 0.717) is 0 Å². The fourth-order valence-electron chi connectivity index (χ4n) is 2.76. The van der Waals surface area contributed by atoms with Crippen LogP contribution in [0.25, 0.3) is 0 Å². The molecule has 2 rings (SSSR count). The van der Waals surface area contributed by atoms with E-state index in [1.165, 1.54) is 12.7 Å². The Hall–Kier alpha value is -0.130. The van der Waals surface area contributed by atoms with Crippen LogP contribution in [-0.2, 0) is 10.0 Å². The van der Waals surface area contributed by atoms with Crippen LogP contribution in [0.15, 0.2) is 0 Å². The molecule has 0 unspecified atom stereocenters. The van der Waals surface area contributed by atoms with Crippen molar-refractivity contribution in [2.24, 2.45) is 11.8 Å².